The smallest absolute Gasteiger partial charge is 0.343 e. The first-order chi connectivity index (χ1) is 14.4. The van der Waals surface area contributed by atoms with Crippen LogP contribution in [-0.2, 0) is 4.74 Å². The number of hydrogen-bond donors (Lipinski definition) is 2. The summed E-state index contributed by atoms with van der Waals surface area (Å²) in [6.07, 6.45) is -1.23. The third kappa shape index (κ3) is 2.83. The number of nitrogens with zero attached hydrogens (tertiary/aromatic N) is 1. The number of aromatic nitrogens is 2. The van der Waals surface area contributed by atoms with E-state index >= 15 is 0 Å². The number of carbonyl (C=O) groups excluding carboxylic acids is 1. The molecule has 1 aliphatic heterocycles. The molecule has 0 spiro atoms. The Balaban J connectivity index is 1.96. The Bertz CT molecular complexity index is 1290. The summed E-state index contributed by atoms with van der Waals surface area (Å²) in [6, 6.07) is 9.93. The molecule has 0 unspecified atom stereocenters. The van der Waals surface area contributed by atoms with Crippen LogP contribution in [-0.4, -0.2) is 34.8 Å². The normalized spacial score (nSPS) is 14.9. The van der Waals surface area contributed by atoms with E-state index in [4.69, 9.17) is 14.2 Å². The van der Waals surface area contributed by atoms with Gasteiger partial charge in [-0.25, -0.2) is 14.2 Å². The molecule has 0 saturated heterocycles. The minimum Gasteiger partial charge on any atom is -0.494 e. The lowest BCUT2D eigenvalue weighted by atomic mass is 9.99. The molecule has 0 bridgehead atoms. The van der Waals surface area contributed by atoms with E-state index in [2.05, 4.69) is 4.98 Å². The van der Waals surface area contributed by atoms with Gasteiger partial charge in [-0.05, 0) is 30.7 Å². The van der Waals surface area contributed by atoms with Gasteiger partial charge in [-0.3, -0.25) is 9.78 Å². The number of H-pyrrole nitrogens is 1. The average Bonchev–Trinajstić information content (AvgIpc) is 3.03. The lowest BCUT2D eigenvalue weighted by molar-refractivity contribution is 0.0447. The number of fused-ring (bicyclic) bond motifs is 1. The van der Waals surface area contributed by atoms with Gasteiger partial charge >= 0.3 is 11.7 Å². The van der Waals surface area contributed by atoms with E-state index in [9.17, 15) is 19.5 Å². The summed E-state index contributed by atoms with van der Waals surface area (Å²) in [5.41, 5.74) is -0.337. The molecule has 0 amide bonds. The maximum Gasteiger partial charge on any atom is 0.343 e. The molecule has 0 radical (unpaired) electrons. The molecule has 0 saturated carbocycles. The predicted molar refractivity (Wildman–Crippen MR) is 106 cm³/mol. The van der Waals surface area contributed by atoms with Crippen LogP contribution in [0.1, 0.15) is 33.2 Å². The topological polar surface area (TPSA) is 120 Å². The number of aromatic hydroxyl groups is 1. The summed E-state index contributed by atoms with van der Waals surface area (Å²) >= 11 is 0. The maximum absolute atomic E-state index is 12.6. The predicted octanol–water partition coefficient (Wildman–Crippen LogP) is 1.82. The van der Waals surface area contributed by atoms with Gasteiger partial charge in [-0.2, -0.15) is 0 Å². The highest BCUT2D eigenvalue weighted by atomic mass is 16.6. The molecule has 9 heteroatoms. The third-order valence-corrected chi connectivity index (χ3v) is 4.93. The first kappa shape index (κ1) is 19.3. The van der Waals surface area contributed by atoms with Crippen LogP contribution in [0.15, 0.2) is 46.0 Å². The summed E-state index contributed by atoms with van der Waals surface area (Å²) < 4.78 is 16.9. The zero-order valence-electron chi connectivity index (χ0n) is 16.4. The fourth-order valence-electron chi connectivity index (χ4n) is 3.60. The quantitative estimate of drug-likeness (QED) is 0.630. The van der Waals surface area contributed by atoms with Gasteiger partial charge in [-0.15, -0.1) is 0 Å². The molecular formula is C21H18N2O7. The lowest BCUT2D eigenvalue weighted by Crippen LogP contribution is -2.32. The Hall–Kier alpha value is -4.01. The van der Waals surface area contributed by atoms with Crippen LogP contribution in [0.2, 0.25) is 0 Å². The van der Waals surface area contributed by atoms with E-state index in [1.54, 1.807) is 30.3 Å². The first-order valence-electron chi connectivity index (χ1n) is 8.98. The largest absolute Gasteiger partial charge is 0.494 e. The van der Waals surface area contributed by atoms with Gasteiger partial charge < -0.3 is 19.3 Å². The number of esters is 1. The number of hydrogen-bond acceptors (Lipinski definition) is 7. The van der Waals surface area contributed by atoms with Crippen LogP contribution < -0.4 is 20.7 Å². The second-order valence-corrected chi connectivity index (χ2v) is 6.72. The molecule has 2 aromatic carbocycles. The van der Waals surface area contributed by atoms with Gasteiger partial charge in [0.25, 0.3) is 5.56 Å². The van der Waals surface area contributed by atoms with Crippen molar-refractivity contribution in [1.82, 2.24) is 9.55 Å². The highest BCUT2D eigenvalue weighted by Gasteiger charge is 2.40. The molecule has 0 fully saturated rings. The van der Waals surface area contributed by atoms with E-state index in [0.717, 1.165) is 10.1 Å². The van der Waals surface area contributed by atoms with E-state index in [1.165, 1.54) is 14.2 Å². The number of aromatic amines is 1. The molecule has 1 aliphatic rings. The molecule has 2 N–H and O–H groups in total. The lowest BCUT2D eigenvalue weighted by Gasteiger charge is -2.16. The number of rotatable bonds is 4. The Labute approximate surface area is 170 Å². The van der Waals surface area contributed by atoms with Crippen LogP contribution in [0.5, 0.6) is 17.4 Å². The molecule has 30 heavy (non-hydrogen) atoms. The monoisotopic (exact) mass is 410 g/mol. The van der Waals surface area contributed by atoms with E-state index < -0.39 is 29.2 Å². The fourth-order valence-corrected chi connectivity index (χ4v) is 3.60. The molecule has 0 aliphatic carbocycles. The van der Waals surface area contributed by atoms with E-state index in [1.807, 2.05) is 13.0 Å². The third-order valence-electron chi connectivity index (χ3n) is 4.93. The van der Waals surface area contributed by atoms with E-state index in [0.29, 0.717) is 17.0 Å². The van der Waals surface area contributed by atoms with Crippen molar-refractivity contribution in [1.29, 1.82) is 0 Å². The molecule has 3 aromatic rings. The Morgan fingerprint density at radius 2 is 1.87 bits per heavy atom. The average molecular weight is 410 g/mol. The first-order valence-corrected chi connectivity index (χ1v) is 8.98. The molecule has 1 atom stereocenters. The van der Waals surface area contributed by atoms with Gasteiger partial charge in [0.05, 0.1) is 19.9 Å². The Morgan fingerprint density at radius 3 is 2.53 bits per heavy atom. The fraction of sp³-hybridized carbons (Fsp3) is 0.190. The second-order valence-electron chi connectivity index (χ2n) is 6.72. The highest BCUT2D eigenvalue weighted by molar-refractivity contribution is 5.98. The zero-order chi connectivity index (χ0) is 21.6. The molecular weight excluding hydrogens is 392 g/mol. The minimum absolute atomic E-state index is 0.0916. The van der Waals surface area contributed by atoms with Crippen LogP contribution in [0.3, 0.4) is 0 Å². The zero-order valence-corrected chi connectivity index (χ0v) is 16.4. The number of cyclic esters (lactones) is 1. The molecule has 1 aromatic heterocycles. The summed E-state index contributed by atoms with van der Waals surface area (Å²) in [6.45, 7) is 1.83. The number of nitrogens with one attached hydrogen (secondary N) is 1. The van der Waals surface area contributed by atoms with Crippen molar-refractivity contribution in [3.63, 3.8) is 0 Å². The standard InChI is InChI=1S/C21H18N2O7/c1-10-5-4-6-11(9-10)23-19(25)15(18(24)22-21(23)27)16-12-7-8-13(28-2)17(29-3)14(12)20(26)30-16/h4-9,16,25H,1-3H3,(H,22,24,27)/t16-/m1/s1. The summed E-state index contributed by atoms with van der Waals surface area (Å²) in [5, 5.41) is 10.9. The summed E-state index contributed by atoms with van der Waals surface area (Å²) in [7, 11) is 2.80. The molecule has 9 nitrogen and oxygen atoms in total. The Morgan fingerprint density at radius 1 is 1.10 bits per heavy atom. The summed E-state index contributed by atoms with van der Waals surface area (Å²) in [4.78, 5) is 39.8. The minimum atomic E-state index is -1.23. The van der Waals surface area contributed by atoms with Gasteiger partial charge in [0.1, 0.15) is 11.1 Å². The van der Waals surface area contributed by atoms with Crippen molar-refractivity contribution in [3.8, 4) is 23.1 Å². The second kappa shape index (κ2) is 7.11. The number of carbonyl (C=O) groups is 1. The van der Waals surface area contributed by atoms with Crippen LogP contribution in [0, 0.1) is 6.92 Å². The highest BCUT2D eigenvalue weighted by Crippen LogP contribution is 2.45. The van der Waals surface area contributed by atoms with Crippen molar-refractivity contribution in [2.75, 3.05) is 14.2 Å². The van der Waals surface area contributed by atoms with Crippen LogP contribution in [0.4, 0.5) is 0 Å². The van der Waals surface area contributed by atoms with Crippen LogP contribution in [0.25, 0.3) is 5.69 Å². The number of benzene rings is 2. The van der Waals surface area contributed by atoms with Gasteiger partial charge in [0.2, 0.25) is 5.88 Å². The SMILES string of the molecule is COc1ccc2c(c1OC)C(=O)O[C@H]2c1c(O)n(-c2cccc(C)c2)c(=O)[nH]c1=O. The molecule has 4 rings (SSSR count). The van der Waals surface area contributed by atoms with E-state index in [-0.39, 0.29) is 16.9 Å². The van der Waals surface area contributed by atoms with Crippen molar-refractivity contribution in [2.45, 2.75) is 13.0 Å². The van der Waals surface area contributed by atoms with Gasteiger partial charge in [-0.1, -0.05) is 18.2 Å². The van der Waals surface area contributed by atoms with Crippen molar-refractivity contribution in [3.05, 3.63) is 79.5 Å². The van der Waals surface area contributed by atoms with Crippen LogP contribution >= 0.6 is 0 Å². The molecule has 154 valence electrons. The van der Waals surface area contributed by atoms with Crippen molar-refractivity contribution >= 4 is 5.97 Å². The Kier molecular flexibility index (Phi) is 4.57. The van der Waals surface area contributed by atoms with Gasteiger partial charge in [0.15, 0.2) is 17.6 Å². The number of aryl methyl sites for hydroxylation is 1. The maximum atomic E-state index is 12.6. The summed E-state index contributed by atoms with van der Waals surface area (Å²) in [5.74, 6) is -0.880. The van der Waals surface area contributed by atoms with Crippen molar-refractivity contribution in [2.24, 2.45) is 0 Å². The molecule has 2 heterocycles. The van der Waals surface area contributed by atoms with Gasteiger partial charge in [0, 0.05) is 5.56 Å². The number of ether oxygens (including phenoxy) is 3. The number of methoxy groups -OCH3 is 2. The van der Waals surface area contributed by atoms with Crippen molar-refractivity contribution < 1.29 is 24.1 Å².